The smallest absolute Gasteiger partial charge is 0.220 e. The first kappa shape index (κ1) is 14.4. The minimum Gasteiger partial charge on any atom is -0.396 e. The second-order valence-electron chi connectivity index (χ2n) is 3.78. The number of amides is 1. The summed E-state index contributed by atoms with van der Waals surface area (Å²) in [4.78, 5) is 13.6. The van der Waals surface area contributed by atoms with Crippen LogP contribution in [0.25, 0.3) is 0 Å². The van der Waals surface area contributed by atoms with E-state index >= 15 is 0 Å². The Bertz CT molecular complexity index is 170. The highest BCUT2D eigenvalue weighted by atomic mass is 16.3. The molecule has 4 nitrogen and oxygen atoms in total. The topological polar surface area (TPSA) is 52.6 Å². The first-order valence-corrected chi connectivity index (χ1v) is 5.76. The number of carbonyl (C=O) groups is 1. The van der Waals surface area contributed by atoms with Gasteiger partial charge in [-0.3, -0.25) is 4.79 Å². The molecule has 0 saturated carbocycles. The molecular formula is C11H24N2O2. The van der Waals surface area contributed by atoms with Crippen LogP contribution >= 0.6 is 0 Å². The largest absolute Gasteiger partial charge is 0.396 e. The molecular weight excluding hydrogens is 192 g/mol. The third kappa shape index (κ3) is 7.33. The average molecular weight is 216 g/mol. The molecule has 0 aromatic rings. The fourth-order valence-corrected chi connectivity index (χ4v) is 1.50. The van der Waals surface area contributed by atoms with Gasteiger partial charge in [0.15, 0.2) is 0 Å². The molecule has 0 bridgehead atoms. The van der Waals surface area contributed by atoms with Gasteiger partial charge >= 0.3 is 0 Å². The van der Waals surface area contributed by atoms with Gasteiger partial charge in [-0.15, -0.1) is 0 Å². The Morgan fingerprint density at radius 1 is 1.40 bits per heavy atom. The van der Waals surface area contributed by atoms with Gasteiger partial charge in [-0.1, -0.05) is 13.8 Å². The number of carbonyl (C=O) groups excluding carboxylic acids is 1. The zero-order valence-electron chi connectivity index (χ0n) is 10.1. The fourth-order valence-electron chi connectivity index (χ4n) is 1.50. The number of likely N-dealkylation sites (N-methyl/N-ethyl adjacent to an activating group) is 1. The zero-order valence-corrected chi connectivity index (χ0v) is 10.1. The summed E-state index contributed by atoms with van der Waals surface area (Å²) in [5.41, 5.74) is 0. The molecule has 4 heteroatoms. The third-order valence-corrected chi connectivity index (χ3v) is 2.40. The minimum atomic E-state index is 0.0312. The maximum Gasteiger partial charge on any atom is 0.220 e. The molecule has 1 amide bonds. The van der Waals surface area contributed by atoms with Gasteiger partial charge in [-0.05, 0) is 26.4 Å². The molecule has 1 atom stereocenters. The summed E-state index contributed by atoms with van der Waals surface area (Å²) in [5, 5.41) is 11.5. The van der Waals surface area contributed by atoms with Crippen LogP contribution in [-0.2, 0) is 4.79 Å². The molecule has 0 saturated heterocycles. The van der Waals surface area contributed by atoms with Gasteiger partial charge in [-0.25, -0.2) is 0 Å². The van der Waals surface area contributed by atoms with Crippen molar-refractivity contribution in [2.75, 3.05) is 26.2 Å². The van der Waals surface area contributed by atoms with E-state index in [0.717, 1.165) is 19.6 Å². The molecule has 0 radical (unpaired) electrons. The quantitative estimate of drug-likeness (QED) is 0.625. The van der Waals surface area contributed by atoms with E-state index in [9.17, 15) is 4.79 Å². The Kier molecular flexibility index (Phi) is 8.33. The normalized spacial score (nSPS) is 12.9. The number of hydrogen-bond acceptors (Lipinski definition) is 3. The molecule has 0 aliphatic carbocycles. The van der Waals surface area contributed by atoms with Gasteiger partial charge in [0.25, 0.3) is 0 Å². The summed E-state index contributed by atoms with van der Waals surface area (Å²) in [6.45, 7) is 9.22. The van der Waals surface area contributed by atoms with Crippen LogP contribution in [0.15, 0.2) is 0 Å². The molecule has 90 valence electrons. The second-order valence-corrected chi connectivity index (χ2v) is 3.78. The van der Waals surface area contributed by atoms with Crippen molar-refractivity contribution < 1.29 is 9.90 Å². The molecule has 0 aliphatic heterocycles. The van der Waals surface area contributed by atoms with E-state index in [-0.39, 0.29) is 18.6 Å². The molecule has 0 aliphatic rings. The Morgan fingerprint density at radius 3 is 2.47 bits per heavy atom. The molecule has 15 heavy (non-hydrogen) atoms. The highest BCUT2D eigenvalue weighted by Gasteiger charge is 2.09. The van der Waals surface area contributed by atoms with Crippen LogP contribution in [0.2, 0.25) is 0 Å². The number of aliphatic hydroxyl groups is 1. The molecule has 0 spiro atoms. The van der Waals surface area contributed by atoms with E-state index in [0.29, 0.717) is 12.8 Å². The predicted molar refractivity (Wildman–Crippen MR) is 61.7 cm³/mol. The van der Waals surface area contributed by atoms with Crippen molar-refractivity contribution in [1.82, 2.24) is 10.2 Å². The van der Waals surface area contributed by atoms with Gasteiger partial charge in [0.2, 0.25) is 5.91 Å². The minimum absolute atomic E-state index is 0.0312. The van der Waals surface area contributed by atoms with Crippen LogP contribution in [0.5, 0.6) is 0 Å². The van der Waals surface area contributed by atoms with Crippen molar-refractivity contribution in [1.29, 1.82) is 0 Å². The van der Waals surface area contributed by atoms with E-state index in [4.69, 9.17) is 5.11 Å². The molecule has 0 aromatic carbocycles. The molecule has 0 rings (SSSR count). The molecule has 0 aromatic heterocycles. The SMILES string of the molecule is CCN(CC)CC(C)NC(=O)CCCO. The lowest BCUT2D eigenvalue weighted by molar-refractivity contribution is -0.122. The Morgan fingerprint density at radius 2 is 2.00 bits per heavy atom. The highest BCUT2D eigenvalue weighted by molar-refractivity contribution is 5.76. The monoisotopic (exact) mass is 216 g/mol. The summed E-state index contributed by atoms with van der Waals surface area (Å²) in [7, 11) is 0. The standard InChI is InChI=1S/C11H24N2O2/c1-4-13(5-2)9-10(3)12-11(15)7-6-8-14/h10,14H,4-9H2,1-3H3,(H,12,15). The Labute approximate surface area is 92.7 Å². The lowest BCUT2D eigenvalue weighted by atomic mass is 10.2. The van der Waals surface area contributed by atoms with Crippen LogP contribution in [-0.4, -0.2) is 48.2 Å². The van der Waals surface area contributed by atoms with Gasteiger partial charge in [0.1, 0.15) is 0 Å². The second kappa shape index (κ2) is 8.68. The maximum atomic E-state index is 11.3. The Hall–Kier alpha value is -0.610. The van der Waals surface area contributed by atoms with Gasteiger partial charge in [0.05, 0.1) is 0 Å². The van der Waals surface area contributed by atoms with Gasteiger partial charge in [0, 0.05) is 25.6 Å². The van der Waals surface area contributed by atoms with Crippen LogP contribution in [0.4, 0.5) is 0 Å². The first-order chi connectivity index (χ1) is 7.13. The summed E-state index contributed by atoms with van der Waals surface area (Å²) < 4.78 is 0. The van der Waals surface area contributed by atoms with Crippen LogP contribution in [0, 0.1) is 0 Å². The van der Waals surface area contributed by atoms with Crippen molar-refractivity contribution in [2.45, 2.75) is 39.7 Å². The number of hydrogen-bond donors (Lipinski definition) is 2. The zero-order chi connectivity index (χ0) is 11.7. The lowest BCUT2D eigenvalue weighted by Gasteiger charge is -2.23. The van der Waals surface area contributed by atoms with Crippen molar-refractivity contribution in [3.8, 4) is 0 Å². The summed E-state index contributed by atoms with van der Waals surface area (Å²) in [5.74, 6) is 0.0312. The third-order valence-electron chi connectivity index (χ3n) is 2.40. The van der Waals surface area contributed by atoms with E-state index < -0.39 is 0 Å². The van der Waals surface area contributed by atoms with E-state index in [1.165, 1.54) is 0 Å². The number of rotatable bonds is 8. The highest BCUT2D eigenvalue weighted by Crippen LogP contribution is 1.94. The van der Waals surface area contributed by atoms with E-state index in [2.05, 4.69) is 24.1 Å². The number of nitrogens with zero attached hydrogens (tertiary/aromatic N) is 1. The predicted octanol–water partition coefficient (Wildman–Crippen LogP) is 0.605. The van der Waals surface area contributed by atoms with E-state index in [1.54, 1.807) is 0 Å². The van der Waals surface area contributed by atoms with E-state index in [1.807, 2.05) is 6.92 Å². The lowest BCUT2D eigenvalue weighted by Crippen LogP contribution is -2.41. The molecule has 0 fully saturated rings. The van der Waals surface area contributed by atoms with Crippen molar-refractivity contribution in [3.05, 3.63) is 0 Å². The molecule has 1 unspecified atom stereocenters. The molecule has 2 N–H and O–H groups in total. The first-order valence-electron chi connectivity index (χ1n) is 5.76. The van der Waals surface area contributed by atoms with Crippen molar-refractivity contribution in [2.24, 2.45) is 0 Å². The molecule has 0 heterocycles. The van der Waals surface area contributed by atoms with Crippen LogP contribution in [0.1, 0.15) is 33.6 Å². The van der Waals surface area contributed by atoms with Crippen molar-refractivity contribution >= 4 is 5.91 Å². The number of aliphatic hydroxyl groups excluding tert-OH is 1. The van der Waals surface area contributed by atoms with Gasteiger partial charge < -0.3 is 15.3 Å². The summed E-state index contributed by atoms with van der Waals surface area (Å²) >= 11 is 0. The maximum absolute atomic E-state index is 11.3. The summed E-state index contributed by atoms with van der Waals surface area (Å²) in [6, 6.07) is 0.177. The fraction of sp³-hybridized carbons (Fsp3) is 0.909. The Balaban J connectivity index is 3.71. The number of nitrogens with one attached hydrogen (secondary N) is 1. The van der Waals surface area contributed by atoms with Crippen LogP contribution in [0.3, 0.4) is 0 Å². The van der Waals surface area contributed by atoms with Crippen LogP contribution < -0.4 is 5.32 Å². The van der Waals surface area contributed by atoms with Gasteiger partial charge in [-0.2, -0.15) is 0 Å². The summed E-state index contributed by atoms with van der Waals surface area (Å²) in [6.07, 6.45) is 0.961. The average Bonchev–Trinajstić information content (AvgIpc) is 2.22. The van der Waals surface area contributed by atoms with Crippen molar-refractivity contribution in [3.63, 3.8) is 0 Å².